The lowest BCUT2D eigenvalue weighted by molar-refractivity contribution is 0.102. The van der Waals surface area contributed by atoms with Crippen molar-refractivity contribution >= 4 is 11.5 Å². The number of allylic oxidation sites excluding steroid dienone is 2. The number of hydrogen-bond acceptors (Lipinski definition) is 2. The number of hydrogen-bond donors (Lipinski definition) is 1. The zero-order valence-electron chi connectivity index (χ0n) is 9.00. The molecule has 0 saturated heterocycles. The zero-order chi connectivity index (χ0) is 11.5. The molecule has 0 bridgehead atoms. The summed E-state index contributed by atoms with van der Waals surface area (Å²) in [6.45, 7) is 0. The molecule has 0 amide bonds. The number of carbonyl (C=O) groups excluding carboxylic acids is 1. The Kier molecular flexibility index (Phi) is 3.04. The maximum Gasteiger partial charge on any atom is 0.190 e. The van der Waals surface area contributed by atoms with Gasteiger partial charge in [-0.3, -0.25) is 4.79 Å². The van der Waals surface area contributed by atoms with Crippen LogP contribution in [0.5, 0.6) is 0 Å². The van der Waals surface area contributed by atoms with E-state index in [2.05, 4.69) is 0 Å². The molecule has 3 heteroatoms. The fourth-order valence-corrected chi connectivity index (χ4v) is 1.94. The fourth-order valence-electron chi connectivity index (χ4n) is 1.94. The maximum absolute atomic E-state index is 13.0. The Labute approximate surface area is 94.0 Å². The molecule has 1 aliphatic carbocycles. The van der Waals surface area contributed by atoms with Crippen LogP contribution in [0.4, 0.5) is 10.1 Å². The summed E-state index contributed by atoms with van der Waals surface area (Å²) in [6, 6.07) is 3.92. The average Bonchev–Trinajstić information content (AvgIpc) is 2.32. The molecule has 0 fully saturated rings. The van der Waals surface area contributed by atoms with E-state index < -0.39 is 5.82 Å². The summed E-state index contributed by atoms with van der Waals surface area (Å²) < 4.78 is 13.0. The van der Waals surface area contributed by atoms with Crippen LogP contribution in [-0.2, 0) is 0 Å². The van der Waals surface area contributed by atoms with Crippen molar-refractivity contribution in [2.45, 2.75) is 25.7 Å². The van der Waals surface area contributed by atoms with Crippen LogP contribution in [0.3, 0.4) is 0 Å². The van der Waals surface area contributed by atoms with E-state index in [0.29, 0.717) is 5.69 Å². The van der Waals surface area contributed by atoms with Gasteiger partial charge in [-0.2, -0.15) is 0 Å². The largest absolute Gasteiger partial charge is 0.398 e. The summed E-state index contributed by atoms with van der Waals surface area (Å²) in [5, 5.41) is 0. The van der Waals surface area contributed by atoms with Gasteiger partial charge in [0.15, 0.2) is 5.78 Å². The van der Waals surface area contributed by atoms with E-state index in [9.17, 15) is 9.18 Å². The number of carbonyl (C=O) groups is 1. The number of anilines is 1. The molecule has 2 rings (SSSR count). The first-order valence-electron chi connectivity index (χ1n) is 5.47. The molecule has 0 atom stereocenters. The van der Waals surface area contributed by atoms with E-state index in [1.807, 2.05) is 6.08 Å². The highest BCUT2D eigenvalue weighted by atomic mass is 19.1. The Morgan fingerprint density at radius 1 is 1.31 bits per heavy atom. The first-order valence-corrected chi connectivity index (χ1v) is 5.47. The molecule has 1 aliphatic rings. The second-order valence-corrected chi connectivity index (χ2v) is 4.04. The van der Waals surface area contributed by atoms with Gasteiger partial charge in [0, 0.05) is 11.3 Å². The SMILES string of the molecule is Nc1ccc(F)cc1C(=O)C1=CCCCC1. The van der Waals surface area contributed by atoms with Crippen molar-refractivity contribution in [3.05, 3.63) is 41.2 Å². The molecule has 0 heterocycles. The van der Waals surface area contributed by atoms with Gasteiger partial charge in [0.05, 0.1) is 0 Å². The number of nitrogens with two attached hydrogens (primary N) is 1. The molecule has 0 saturated carbocycles. The molecule has 0 aromatic heterocycles. The number of rotatable bonds is 2. The predicted molar refractivity (Wildman–Crippen MR) is 61.7 cm³/mol. The van der Waals surface area contributed by atoms with Crippen LogP contribution in [-0.4, -0.2) is 5.78 Å². The summed E-state index contributed by atoms with van der Waals surface area (Å²) in [6.07, 6.45) is 5.78. The number of Topliss-reactive ketones (excluding diaryl/α,β-unsaturated/α-hetero) is 1. The second-order valence-electron chi connectivity index (χ2n) is 4.04. The predicted octanol–water partition coefficient (Wildman–Crippen LogP) is 3.09. The maximum atomic E-state index is 13.0. The van der Waals surface area contributed by atoms with Crippen LogP contribution in [0.25, 0.3) is 0 Å². The summed E-state index contributed by atoms with van der Waals surface area (Å²) in [4.78, 5) is 12.1. The third-order valence-corrected chi connectivity index (χ3v) is 2.84. The zero-order valence-corrected chi connectivity index (χ0v) is 9.00. The van der Waals surface area contributed by atoms with Gasteiger partial charge < -0.3 is 5.73 Å². The Bertz CT molecular complexity index is 451. The van der Waals surface area contributed by atoms with Crippen LogP contribution in [0.15, 0.2) is 29.8 Å². The molecule has 0 spiro atoms. The highest BCUT2D eigenvalue weighted by molar-refractivity contribution is 6.11. The van der Waals surface area contributed by atoms with Crippen molar-refractivity contribution in [1.82, 2.24) is 0 Å². The van der Waals surface area contributed by atoms with E-state index in [-0.39, 0.29) is 11.3 Å². The van der Waals surface area contributed by atoms with Gasteiger partial charge >= 0.3 is 0 Å². The van der Waals surface area contributed by atoms with E-state index in [1.54, 1.807) is 0 Å². The molecular formula is C13H14FNO. The second kappa shape index (κ2) is 4.47. The van der Waals surface area contributed by atoms with E-state index in [4.69, 9.17) is 5.73 Å². The van der Waals surface area contributed by atoms with E-state index in [0.717, 1.165) is 31.3 Å². The molecule has 0 aliphatic heterocycles. The first kappa shape index (κ1) is 10.9. The highest BCUT2D eigenvalue weighted by Crippen LogP contribution is 2.24. The van der Waals surface area contributed by atoms with Crippen LogP contribution >= 0.6 is 0 Å². The van der Waals surface area contributed by atoms with Crippen molar-refractivity contribution in [1.29, 1.82) is 0 Å². The Hall–Kier alpha value is -1.64. The molecular weight excluding hydrogens is 205 g/mol. The summed E-state index contributed by atoms with van der Waals surface area (Å²) >= 11 is 0. The number of nitrogen functional groups attached to an aromatic ring is 1. The normalized spacial score (nSPS) is 15.7. The molecule has 84 valence electrons. The van der Waals surface area contributed by atoms with Crippen LogP contribution < -0.4 is 5.73 Å². The summed E-state index contributed by atoms with van der Waals surface area (Å²) in [5.41, 5.74) is 7.08. The third kappa shape index (κ3) is 2.13. The monoisotopic (exact) mass is 219 g/mol. The minimum Gasteiger partial charge on any atom is -0.398 e. The number of benzene rings is 1. The van der Waals surface area contributed by atoms with Gasteiger partial charge in [-0.1, -0.05) is 6.08 Å². The van der Waals surface area contributed by atoms with Crippen molar-refractivity contribution in [3.63, 3.8) is 0 Å². The molecule has 2 N–H and O–H groups in total. The highest BCUT2D eigenvalue weighted by Gasteiger charge is 2.17. The lowest BCUT2D eigenvalue weighted by Gasteiger charge is -2.12. The molecule has 2 nitrogen and oxygen atoms in total. The number of ketones is 1. The molecule has 1 aromatic carbocycles. The Morgan fingerprint density at radius 2 is 2.12 bits per heavy atom. The van der Waals surface area contributed by atoms with Gasteiger partial charge in [-0.05, 0) is 49.5 Å². The lowest BCUT2D eigenvalue weighted by Crippen LogP contribution is -2.09. The van der Waals surface area contributed by atoms with Crippen molar-refractivity contribution in [2.75, 3.05) is 5.73 Å². The molecule has 0 unspecified atom stereocenters. The minimum absolute atomic E-state index is 0.128. The van der Waals surface area contributed by atoms with Crippen LogP contribution in [0.2, 0.25) is 0 Å². The van der Waals surface area contributed by atoms with Gasteiger partial charge in [0.1, 0.15) is 5.82 Å². The average molecular weight is 219 g/mol. The fraction of sp³-hybridized carbons (Fsp3) is 0.308. The minimum atomic E-state index is -0.422. The van der Waals surface area contributed by atoms with Gasteiger partial charge in [-0.15, -0.1) is 0 Å². The number of halogens is 1. The van der Waals surface area contributed by atoms with Crippen molar-refractivity contribution in [3.8, 4) is 0 Å². The van der Waals surface area contributed by atoms with Crippen molar-refractivity contribution < 1.29 is 9.18 Å². The topological polar surface area (TPSA) is 43.1 Å². The van der Waals surface area contributed by atoms with Crippen LogP contribution in [0, 0.1) is 5.82 Å². The van der Waals surface area contributed by atoms with Gasteiger partial charge in [0.25, 0.3) is 0 Å². The van der Waals surface area contributed by atoms with Gasteiger partial charge in [0.2, 0.25) is 0 Å². The van der Waals surface area contributed by atoms with Crippen molar-refractivity contribution in [2.24, 2.45) is 0 Å². The van der Waals surface area contributed by atoms with Gasteiger partial charge in [-0.25, -0.2) is 4.39 Å². The van der Waals surface area contributed by atoms with E-state index in [1.165, 1.54) is 18.2 Å². The summed E-state index contributed by atoms with van der Waals surface area (Å²) in [5.74, 6) is -0.550. The standard InChI is InChI=1S/C13H14FNO/c14-10-6-7-12(15)11(8-10)13(16)9-4-2-1-3-5-9/h4,6-8H,1-3,5,15H2. The lowest BCUT2D eigenvalue weighted by atomic mass is 9.92. The first-order chi connectivity index (χ1) is 7.68. The molecule has 0 radical (unpaired) electrons. The molecule has 1 aromatic rings. The van der Waals surface area contributed by atoms with E-state index >= 15 is 0 Å². The Morgan fingerprint density at radius 3 is 2.81 bits per heavy atom. The smallest absolute Gasteiger partial charge is 0.190 e. The summed E-state index contributed by atoms with van der Waals surface area (Å²) in [7, 11) is 0. The molecule has 16 heavy (non-hydrogen) atoms. The Balaban J connectivity index is 2.33. The van der Waals surface area contributed by atoms with Crippen LogP contribution in [0.1, 0.15) is 36.0 Å². The third-order valence-electron chi connectivity index (χ3n) is 2.84. The quantitative estimate of drug-likeness (QED) is 0.613.